The minimum absolute atomic E-state index is 0.573. The zero-order valence-corrected chi connectivity index (χ0v) is 6.87. The average Bonchev–Trinajstić information content (AvgIpc) is 2.72. The van der Waals surface area contributed by atoms with Gasteiger partial charge >= 0.3 is 12.4 Å². The van der Waals surface area contributed by atoms with Gasteiger partial charge in [-0.25, -0.2) is 0 Å². The van der Waals surface area contributed by atoms with E-state index >= 15 is 0 Å². The molecule has 2 nitrogen and oxygen atoms in total. The Bertz CT molecular complexity index is 333. The first kappa shape index (κ1) is 11.6. The van der Waals surface area contributed by atoms with Crippen LogP contribution in [-0.2, 0) is 0 Å². The van der Waals surface area contributed by atoms with Crippen molar-refractivity contribution in [2.45, 2.75) is 18.8 Å². The fourth-order valence-corrected chi connectivity index (χ4v) is 1.43. The van der Waals surface area contributed by atoms with E-state index in [0.29, 0.717) is 12.1 Å². The minimum atomic E-state index is -5.35. The first-order chi connectivity index (χ1) is 6.58. The van der Waals surface area contributed by atoms with Crippen LogP contribution >= 0.6 is 0 Å². The summed E-state index contributed by atoms with van der Waals surface area (Å²) in [4.78, 5) is 0. The van der Waals surface area contributed by atoms with Gasteiger partial charge in [0.2, 0.25) is 0 Å². The van der Waals surface area contributed by atoms with Crippen molar-refractivity contribution >= 4 is 0 Å². The predicted octanol–water partition coefficient (Wildman–Crippen LogP) is 2.53. The van der Waals surface area contributed by atoms with Gasteiger partial charge in [0.05, 0.1) is 12.1 Å². The highest BCUT2D eigenvalue weighted by Gasteiger charge is 2.91. The summed E-state index contributed by atoms with van der Waals surface area (Å²) < 4.78 is 73.4. The van der Waals surface area contributed by atoms with E-state index in [1.165, 1.54) is 0 Å². The van der Waals surface area contributed by atoms with Gasteiger partial charge in [0, 0.05) is 6.42 Å². The normalized spacial score (nSPS) is 35.5. The molecule has 1 aliphatic carbocycles. The Balaban J connectivity index is 3.28. The molecular formula is C7H2F6N2. The molecule has 1 saturated carbocycles. The molecule has 82 valence electrons. The number of alkyl halides is 6. The molecule has 1 aliphatic rings. The molecule has 1 rings (SSSR count). The van der Waals surface area contributed by atoms with Crippen molar-refractivity contribution in [3.8, 4) is 12.1 Å². The summed E-state index contributed by atoms with van der Waals surface area (Å²) in [6.45, 7) is 0. The van der Waals surface area contributed by atoms with Crippen molar-refractivity contribution in [2.24, 2.45) is 10.8 Å². The summed E-state index contributed by atoms with van der Waals surface area (Å²) in [5.41, 5.74) is -7.21. The summed E-state index contributed by atoms with van der Waals surface area (Å²) in [7, 11) is 0. The zero-order chi connectivity index (χ0) is 12.1. The van der Waals surface area contributed by atoms with Crippen molar-refractivity contribution in [1.82, 2.24) is 0 Å². The Morgan fingerprint density at radius 2 is 1.07 bits per heavy atom. The van der Waals surface area contributed by atoms with Gasteiger partial charge in [0.25, 0.3) is 0 Å². The quantitative estimate of drug-likeness (QED) is 0.598. The molecule has 0 aromatic rings. The number of halogens is 6. The maximum Gasteiger partial charge on any atom is 0.409 e. The third-order valence-corrected chi connectivity index (χ3v) is 2.48. The molecule has 0 unspecified atom stereocenters. The Morgan fingerprint density at radius 3 is 1.13 bits per heavy atom. The lowest BCUT2D eigenvalue weighted by Crippen LogP contribution is -2.37. The van der Waals surface area contributed by atoms with Gasteiger partial charge < -0.3 is 0 Å². The van der Waals surface area contributed by atoms with E-state index in [1.807, 2.05) is 0 Å². The highest BCUT2D eigenvalue weighted by molar-refractivity contribution is 5.37. The molecule has 0 aromatic heterocycles. The Morgan fingerprint density at radius 1 is 0.800 bits per heavy atom. The maximum atomic E-state index is 12.2. The van der Waals surface area contributed by atoms with Crippen LogP contribution in [0.25, 0.3) is 0 Å². The van der Waals surface area contributed by atoms with Gasteiger partial charge in [-0.1, -0.05) is 0 Å². The van der Waals surface area contributed by atoms with Crippen molar-refractivity contribution < 1.29 is 26.3 Å². The second kappa shape index (κ2) is 2.57. The van der Waals surface area contributed by atoms with Crippen LogP contribution in [0.15, 0.2) is 0 Å². The van der Waals surface area contributed by atoms with E-state index in [-0.39, 0.29) is 0 Å². The van der Waals surface area contributed by atoms with Crippen LogP contribution < -0.4 is 0 Å². The average molecular weight is 228 g/mol. The largest absolute Gasteiger partial charge is 0.409 e. The molecule has 0 bridgehead atoms. The lowest BCUT2D eigenvalue weighted by molar-refractivity contribution is -0.226. The number of hydrogen-bond donors (Lipinski definition) is 0. The Hall–Kier alpha value is -1.44. The SMILES string of the molecule is N#C[C@]1(C(F)(F)F)C[C@]1(C#N)C(F)(F)F. The van der Waals surface area contributed by atoms with Gasteiger partial charge in [-0.05, 0) is 0 Å². The first-order valence-corrected chi connectivity index (χ1v) is 3.54. The molecule has 0 spiro atoms. The van der Waals surface area contributed by atoms with Crippen LogP contribution in [0.2, 0.25) is 0 Å². The molecule has 0 aromatic carbocycles. The smallest absolute Gasteiger partial charge is 0.197 e. The summed E-state index contributed by atoms with van der Waals surface area (Å²) >= 11 is 0. The summed E-state index contributed by atoms with van der Waals surface area (Å²) in [6, 6.07) is 1.15. The topological polar surface area (TPSA) is 47.6 Å². The molecule has 0 saturated heterocycles. The standard InChI is InChI=1S/C7H2F6N2/c8-6(9,10)4(2-14)1-5(4,3-15)7(11,12)13/h1H2/t4-,5-/m1/s1. The highest BCUT2D eigenvalue weighted by atomic mass is 19.4. The number of nitriles is 2. The third-order valence-electron chi connectivity index (χ3n) is 2.48. The van der Waals surface area contributed by atoms with Crippen LogP contribution in [0.1, 0.15) is 6.42 Å². The van der Waals surface area contributed by atoms with Gasteiger partial charge in [0.1, 0.15) is 0 Å². The molecular weight excluding hydrogens is 226 g/mol. The summed E-state index contributed by atoms with van der Waals surface area (Å²) in [5, 5.41) is 16.4. The molecule has 0 heterocycles. The van der Waals surface area contributed by atoms with E-state index in [0.717, 1.165) is 0 Å². The first-order valence-electron chi connectivity index (χ1n) is 3.54. The maximum absolute atomic E-state index is 12.2. The van der Waals surface area contributed by atoms with E-state index in [1.54, 1.807) is 0 Å². The Kier molecular flexibility index (Phi) is 1.99. The van der Waals surface area contributed by atoms with Gasteiger partial charge in [-0.2, -0.15) is 36.9 Å². The summed E-state index contributed by atoms with van der Waals surface area (Å²) in [6.07, 6.45) is -12.2. The molecule has 1 fully saturated rings. The molecule has 0 radical (unpaired) electrons. The van der Waals surface area contributed by atoms with E-state index < -0.39 is 29.6 Å². The zero-order valence-electron chi connectivity index (χ0n) is 6.87. The molecule has 0 amide bonds. The van der Waals surface area contributed by atoms with Crippen molar-refractivity contribution in [2.75, 3.05) is 0 Å². The van der Waals surface area contributed by atoms with Crippen LogP contribution in [0.5, 0.6) is 0 Å². The van der Waals surface area contributed by atoms with Crippen LogP contribution in [-0.4, -0.2) is 12.4 Å². The molecule has 0 N–H and O–H groups in total. The van der Waals surface area contributed by atoms with Crippen molar-refractivity contribution in [1.29, 1.82) is 10.5 Å². The number of nitrogens with zero attached hydrogens (tertiary/aromatic N) is 2. The van der Waals surface area contributed by atoms with Gasteiger partial charge in [0.15, 0.2) is 10.8 Å². The van der Waals surface area contributed by atoms with Gasteiger partial charge in [-0.3, -0.25) is 0 Å². The monoisotopic (exact) mass is 228 g/mol. The number of hydrogen-bond acceptors (Lipinski definition) is 2. The Labute approximate surface area is 79.7 Å². The summed E-state index contributed by atoms with van der Waals surface area (Å²) in [5.74, 6) is 0. The number of rotatable bonds is 0. The van der Waals surface area contributed by atoms with Crippen molar-refractivity contribution in [3.05, 3.63) is 0 Å². The predicted molar refractivity (Wildman–Crippen MR) is 32.8 cm³/mol. The van der Waals surface area contributed by atoms with Crippen LogP contribution in [0.4, 0.5) is 26.3 Å². The second-order valence-corrected chi connectivity index (χ2v) is 3.21. The van der Waals surface area contributed by atoms with Crippen molar-refractivity contribution in [3.63, 3.8) is 0 Å². The lowest BCUT2D eigenvalue weighted by Gasteiger charge is -2.19. The molecule has 0 aliphatic heterocycles. The van der Waals surface area contributed by atoms with Crippen LogP contribution in [0, 0.1) is 33.5 Å². The third kappa shape index (κ3) is 1.11. The molecule has 8 heteroatoms. The van der Waals surface area contributed by atoms with Gasteiger partial charge in [-0.15, -0.1) is 0 Å². The van der Waals surface area contributed by atoms with E-state index in [4.69, 9.17) is 10.5 Å². The van der Waals surface area contributed by atoms with E-state index in [2.05, 4.69) is 0 Å². The lowest BCUT2D eigenvalue weighted by atomic mass is 9.94. The second-order valence-electron chi connectivity index (χ2n) is 3.21. The highest BCUT2D eigenvalue weighted by Crippen LogP contribution is 2.76. The van der Waals surface area contributed by atoms with E-state index in [9.17, 15) is 26.3 Å². The fourth-order valence-electron chi connectivity index (χ4n) is 1.43. The molecule has 2 atom stereocenters. The van der Waals surface area contributed by atoms with Crippen LogP contribution in [0.3, 0.4) is 0 Å². The molecule has 15 heavy (non-hydrogen) atoms. The fraction of sp³-hybridized carbons (Fsp3) is 0.714. The minimum Gasteiger partial charge on any atom is -0.197 e.